The minimum atomic E-state index is 0.781. The molecule has 0 bridgehead atoms. The smallest absolute Gasteiger partial charge is 0.0544 e. The van der Waals surface area contributed by atoms with Crippen molar-refractivity contribution in [2.75, 3.05) is 26.2 Å². The fourth-order valence-electron chi connectivity index (χ4n) is 1.94. The number of nitrogens with one attached hydrogen (secondary N) is 1. The SMILES string of the molecule is [CH]c1ccnc(CNCCCCN(CC)CC)c1. The van der Waals surface area contributed by atoms with Crippen molar-refractivity contribution >= 4 is 0 Å². The van der Waals surface area contributed by atoms with Crippen molar-refractivity contribution in [3.8, 4) is 0 Å². The zero-order chi connectivity index (χ0) is 13.2. The number of unbranched alkanes of at least 4 members (excludes halogenated alkanes) is 1. The van der Waals surface area contributed by atoms with Gasteiger partial charge in [-0.05, 0) is 63.6 Å². The van der Waals surface area contributed by atoms with Crippen LogP contribution in [0.25, 0.3) is 0 Å². The zero-order valence-electron chi connectivity index (χ0n) is 11.7. The summed E-state index contributed by atoms with van der Waals surface area (Å²) in [5, 5.41) is 3.40. The molecule has 1 heterocycles. The van der Waals surface area contributed by atoms with E-state index in [2.05, 4.69) is 29.0 Å². The van der Waals surface area contributed by atoms with Crippen LogP contribution in [-0.2, 0) is 6.54 Å². The lowest BCUT2D eigenvalue weighted by molar-refractivity contribution is 0.296. The topological polar surface area (TPSA) is 28.2 Å². The first-order chi connectivity index (χ1) is 8.76. The lowest BCUT2D eigenvalue weighted by Crippen LogP contribution is -2.25. The number of rotatable bonds is 9. The number of hydrogen-bond donors (Lipinski definition) is 1. The molecule has 18 heavy (non-hydrogen) atoms. The predicted molar refractivity (Wildman–Crippen MR) is 76.4 cm³/mol. The summed E-state index contributed by atoms with van der Waals surface area (Å²) in [5.74, 6) is 0. The van der Waals surface area contributed by atoms with Crippen LogP contribution in [0.1, 0.15) is 37.9 Å². The van der Waals surface area contributed by atoms with E-state index in [1.807, 2.05) is 12.1 Å². The fraction of sp³-hybridized carbons (Fsp3) is 0.600. The summed E-state index contributed by atoms with van der Waals surface area (Å²) in [7, 11) is 0. The van der Waals surface area contributed by atoms with Gasteiger partial charge < -0.3 is 10.2 Å². The summed E-state index contributed by atoms with van der Waals surface area (Å²) in [6.45, 7) is 15.5. The molecule has 1 rings (SSSR count). The van der Waals surface area contributed by atoms with Gasteiger partial charge in [-0.1, -0.05) is 13.8 Å². The van der Waals surface area contributed by atoms with Gasteiger partial charge in [0.25, 0.3) is 0 Å². The van der Waals surface area contributed by atoms with Crippen molar-refractivity contribution in [1.82, 2.24) is 15.2 Å². The zero-order valence-corrected chi connectivity index (χ0v) is 11.7. The van der Waals surface area contributed by atoms with Gasteiger partial charge in [-0.25, -0.2) is 0 Å². The Morgan fingerprint density at radius 3 is 2.72 bits per heavy atom. The molecule has 0 saturated carbocycles. The molecular formula is C15H25N3. The highest BCUT2D eigenvalue weighted by molar-refractivity contribution is 5.18. The summed E-state index contributed by atoms with van der Waals surface area (Å²) >= 11 is 0. The third kappa shape index (κ3) is 6.12. The Bertz CT molecular complexity index is 321. The molecule has 0 amide bonds. The average molecular weight is 247 g/mol. The van der Waals surface area contributed by atoms with Crippen molar-refractivity contribution < 1.29 is 0 Å². The van der Waals surface area contributed by atoms with E-state index in [0.717, 1.165) is 37.4 Å². The van der Waals surface area contributed by atoms with Crippen molar-refractivity contribution in [3.63, 3.8) is 0 Å². The molecule has 0 saturated heterocycles. The van der Waals surface area contributed by atoms with Crippen LogP contribution < -0.4 is 5.32 Å². The van der Waals surface area contributed by atoms with E-state index in [9.17, 15) is 0 Å². The maximum Gasteiger partial charge on any atom is 0.0544 e. The molecule has 2 radical (unpaired) electrons. The average Bonchev–Trinajstić information content (AvgIpc) is 2.38. The molecule has 0 aliphatic heterocycles. The second-order valence-corrected chi connectivity index (χ2v) is 4.49. The predicted octanol–water partition coefficient (Wildman–Crippen LogP) is 2.35. The molecular weight excluding hydrogens is 222 g/mol. The van der Waals surface area contributed by atoms with Crippen molar-refractivity contribution in [2.45, 2.75) is 33.2 Å². The van der Waals surface area contributed by atoms with Crippen LogP contribution in [0.15, 0.2) is 18.3 Å². The Hall–Kier alpha value is -0.930. The summed E-state index contributed by atoms with van der Waals surface area (Å²) < 4.78 is 0. The lowest BCUT2D eigenvalue weighted by Gasteiger charge is -2.17. The Balaban J connectivity index is 2.05. The van der Waals surface area contributed by atoms with E-state index in [4.69, 9.17) is 6.92 Å². The summed E-state index contributed by atoms with van der Waals surface area (Å²) in [6.07, 6.45) is 4.21. The molecule has 1 aromatic rings. The van der Waals surface area contributed by atoms with Crippen LogP contribution in [0.2, 0.25) is 0 Å². The molecule has 0 spiro atoms. The third-order valence-electron chi connectivity index (χ3n) is 3.12. The second kappa shape index (κ2) is 9.06. The molecule has 0 aromatic carbocycles. The highest BCUT2D eigenvalue weighted by Gasteiger charge is 1.98. The maximum absolute atomic E-state index is 5.70. The van der Waals surface area contributed by atoms with Gasteiger partial charge in [0.1, 0.15) is 0 Å². The van der Waals surface area contributed by atoms with E-state index in [1.165, 1.54) is 19.4 Å². The van der Waals surface area contributed by atoms with Gasteiger partial charge in [-0.15, -0.1) is 0 Å². The molecule has 0 unspecified atom stereocenters. The van der Waals surface area contributed by atoms with Crippen LogP contribution in [-0.4, -0.2) is 36.1 Å². The second-order valence-electron chi connectivity index (χ2n) is 4.49. The molecule has 100 valence electrons. The van der Waals surface area contributed by atoms with Crippen LogP contribution in [0.4, 0.5) is 0 Å². The Kier molecular flexibility index (Phi) is 7.62. The van der Waals surface area contributed by atoms with Crippen molar-refractivity contribution in [3.05, 3.63) is 36.5 Å². The Labute approximate surface area is 112 Å². The Morgan fingerprint density at radius 1 is 1.28 bits per heavy atom. The van der Waals surface area contributed by atoms with Gasteiger partial charge in [-0.3, -0.25) is 4.98 Å². The van der Waals surface area contributed by atoms with E-state index in [1.54, 1.807) is 6.20 Å². The summed E-state index contributed by atoms with van der Waals surface area (Å²) in [4.78, 5) is 6.72. The van der Waals surface area contributed by atoms with Crippen molar-refractivity contribution in [1.29, 1.82) is 0 Å². The maximum atomic E-state index is 5.70. The van der Waals surface area contributed by atoms with Crippen LogP contribution in [0.3, 0.4) is 0 Å². The van der Waals surface area contributed by atoms with Crippen molar-refractivity contribution in [2.24, 2.45) is 0 Å². The molecule has 0 aliphatic rings. The lowest BCUT2D eigenvalue weighted by atomic mass is 10.2. The molecule has 1 aromatic heterocycles. The molecule has 3 nitrogen and oxygen atoms in total. The first-order valence-corrected chi connectivity index (χ1v) is 6.89. The highest BCUT2D eigenvalue weighted by Crippen LogP contribution is 1.99. The molecule has 0 atom stereocenters. The van der Waals surface area contributed by atoms with E-state index in [0.29, 0.717) is 0 Å². The first kappa shape index (κ1) is 15.1. The van der Waals surface area contributed by atoms with Crippen LogP contribution >= 0.6 is 0 Å². The fourth-order valence-corrected chi connectivity index (χ4v) is 1.94. The molecule has 0 fully saturated rings. The quantitative estimate of drug-likeness (QED) is 0.679. The molecule has 0 aliphatic carbocycles. The van der Waals surface area contributed by atoms with E-state index >= 15 is 0 Å². The Morgan fingerprint density at radius 2 is 2.06 bits per heavy atom. The van der Waals surface area contributed by atoms with Gasteiger partial charge in [0.05, 0.1) is 5.69 Å². The number of nitrogens with zero attached hydrogens (tertiary/aromatic N) is 2. The normalized spacial score (nSPS) is 11.1. The van der Waals surface area contributed by atoms with Gasteiger partial charge in [0.15, 0.2) is 0 Å². The van der Waals surface area contributed by atoms with Gasteiger partial charge in [0.2, 0.25) is 0 Å². The molecule has 3 heteroatoms. The van der Waals surface area contributed by atoms with E-state index < -0.39 is 0 Å². The van der Waals surface area contributed by atoms with Gasteiger partial charge in [0, 0.05) is 12.7 Å². The van der Waals surface area contributed by atoms with Crippen LogP contribution in [0, 0.1) is 6.92 Å². The number of hydrogen-bond acceptors (Lipinski definition) is 3. The van der Waals surface area contributed by atoms with E-state index in [-0.39, 0.29) is 0 Å². The summed E-state index contributed by atoms with van der Waals surface area (Å²) in [5.41, 5.74) is 1.79. The largest absolute Gasteiger partial charge is 0.311 e. The highest BCUT2D eigenvalue weighted by atomic mass is 15.1. The minimum Gasteiger partial charge on any atom is -0.311 e. The van der Waals surface area contributed by atoms with Crippen LogP contribution in [0.5, 0.6) is 0 Å². The number of aromatic nitrogens is 1. The van der Waals surface area contributed by atoms with Gasteiger partial charge in [-0.2, -0.15) is 0 Å². The third-order valence-corrected chi connectivity index (χ3v) is 3.12. The summed E-state index contributed by atoms with van der Waals surface area (Å²) in [6, 6.07) is 3.73. The van der Waals surface area contributed by atoms with Gasteiger partial charge >= 0.3 is 0 Å². The molecule has 1 N–H and O–H groups in total. The first-order valence-electron chi connectivity index (χ1n) is 6.89. The monoisotopic (exact) mass is 247 g/mol. The standard InChI is InChI=1S/C15H25N3/c1-4-18(5-2)11-7-6-9-16-13-15-12-14(3)8-10-17-15/h3,8,10,12,16H,4-7,9,11,13H2,1-2H3. The number of pyridine rings is 1. The minimum absolute atomic E-state index is 0.781.